The monoisotopic (exact) mass is 95.0 g/mol. The van der Waals surface area contributed by atoms with Gasteiger partial charge in [-0.15, -0.1) is 0 Å². The Morgan fingerprint density at radius 2 is 2.71 bits per heavy atom. The van der Waals surface area contributed by atoms with Crippen LogP contribution in [0.3, 0.4) is 0 Å². The van der Waals surface area contributed by atoms with Crippen LogP contribution in [0.15, 0.2) is 11.9 Å². The van der Waals surface area contributed by atoms with Gasteiger partial charge in [0.2, 0.25) is 0 Å². The Hall–Kier alpha value is -1.17. The molecular formula is C4H5N3. The van der Waals surface area contributed by atoms with E-state index >= 15 is 0 Å². The topological polar surface area (TPSA) is 47.9 Å². The van der Waals surface area contributed by atoms with E-state index in [1.54, 1.807) is 6.20 Å². The van der Waals surface area contributed by atoms with E-state index in [-0.39, 0.29) is 0 Å². The van der Waals surface area contributed by atoms with Crippen LogP contribution in [0, 0.1) is 11.3 Å². The van der Waals surface area contributed by atoms with Gasteiger partial charge in [-0.2, -0.15) is 5.26 Å². The summed E-state index contributed by atoms with van der Waals surface area (Å²) in [5, 5.41) is 13.8. The number of hydrogen-bond donors (Lipinski definition) is 2. The lowest BCUT2D eigenvalue weighted by atomic mass is 10.5. The second-order valence-electron chi connectivity index (χ2n) is 1.23. The lowest BCUT2D eigenvalue weighted by molar-refractivity contribution is 0.823. The number of nitrogens with one attached hydrogen (secondary N) is 2. The molecule has 7 heavy (non-hydrogen) atoms. The quantitative estimate of drug-likeness (QED) is 0.426. The van der Waals surface area contributed by atoms with Crippen molar-refractivity contribution >= 4 is 0 Å². The first-order valence-electron chi connectivity index (χ1n) is 2.01. The molecule has 3 nitrogen and oxygen atoms in total. The van der Waals surface area contributed by atoms with Crippen LogP contribution in [-0.4, -0.2) is 6.67 Å². The molecule has 0 unspecified atom stereocenters. The Labute approximate surface area is 41.6 Å². The predicted octanol–water partition coefficient (Wildman–Crippen LogP) is -0.498. The summed E-state index contributed by atoms with van der Waals surface area (Å²) in [5.41, 5.74) is 0.611. The van der Waals surface area contributed by atoms with Crippen molar-refractivity contribution in [3.8, 4) is 6.07 Å². The zero-order valence-corrected chi connectivity index (χ0v) is 3.73. The lowest BCUT2D eigenvalue weighted by Gasteiger charge is -1.85. The zero-order chi connectivity index (χ0) is 5.11. The van der Waals surface area contributed by atoms with Crippen molar-refractivity contribution in [1.29, 1.82) is 5.26 Å². The predicted molar refractivity (Wildman–Crippen MR) is 24.8 cm³/mol. The second kappa shape index (κ2) is 1.52. The third-order valence-corrected chi connectivity index (χ3v) is 0.748. The third-order valence-electron chi connectivity index (χ3n) is 0.748. The summed E-state index contributed by atoms with van der Waals surface area (Å²) in [6.45, 7) is 0.683. The van der Waals surface area contributed by atoms with Gasteiger partial charge in [0.05, 0.1) is 6.67 Å². The van der Waals surface area contributed by atoms with Gasteiger partial charge in [0.1, 0.15) is 11.8 Å². The molecule has 0 radical (unpaired) electrons. The summed E-state index contributed by atoms with van der Waals surface area (Å²) in [5.74, 6) is 0. The van der Waals surface area contributed by atoms with E-state index in [1.807, 2.05) is 6.07 Å². The van der Waals surface area contributed by atoms with E-state index in [4.69, 9.17) is 5.26 Å². The molecular weight excluding hydrogens is 90.1 g/mol. The molecule has 0 saturated heterocycles. The first-order chi connectivity index (χ1) is 3.43. The highest BCUT2D eigenvalue weighted by Crippen LogP contribution is 1.85. The number of nitrogens with zero attached hydrogens (tertiary/aromatic N) is 1. The normalized spacial score (nSPS) is 16.1. The molecule has 0 fully saturated rings. The van der Waals surface area contributed by atoms with E-state index in [9.17, 15) is 0 Å². The average molecular weight is 95.1 g/mol. The van der Waals surface area contributed by atoms with Crippen LogP contribution in [0.4, 0.5) is 0 Å². The summed E-state index contributed by atoms with van der Waals surface area (Å²) >= 11 is 0. The molecule has 0 atom stereocenters. The van der Waals surface area contributed by atoms with E-state index in [1.165, 1.54) is 0 Å². The van der Waals surface area contributed by atoms with Gasteiger partial charge >= 0.3 is 0 Å². The fourth-order valence-electron chi connectivity index (χ4n) is 0.422. The van der Waals surface area contributed by atoms with Crippen LogP contribution in [-0.2, 0) is 0 Å². The molecule has 0 bridgehead atoms. The maximum Gasteiger partial charge on any atom is 0.130 e. The molecule has 0 aliphatic carbocycles. The number of nitriles is 1. The minimum atomic E-state index is 0.611. The summed E-state index contributed by atoms with van der Waals surface area (Å²) in [6, 6.07) is 1.95. The molecule has 0 spiro atoms. The fraction of sp³-hybridized carbons (Fsp3) is 0.250. The minimum Gasteiger partial charge on any atom is -0.372 e. The van der Waals surface area contributed by atoms with E-state index in [0.717, 1.165) is 0 Å². The number of allylic oxidation sites excluding steroid dienone is 1. The Balaban J connectivity index is 2.57. The summed E-state index contributed by atoms with van der Waals surface area (Å²) in [4.78, 5) is 0. The molecule has 3 heteroatoms. The second-order valence-corrected chi connectivity index (χ2v) is 1.23. The van der Waals surface area contributed by atoms with Crippen LogP contribution in [0.25, 0.3) is 0 Å². The van der Waals surface area contributed by atoms with Crippen molar-refractivity contribution in [3.05, 3.63) is 11.9 Å². The van der Waals surface area contributed by atoms with Crippen molar-refractivity contribution < 1.29 is 0 Å². The molecule has 1 aliphatic rings. The van der Waals surface area contributed by atoms with Gasteiger partial charge in [-0.1, -0.05) is 0 Å². The van der Waals surface area contributed by atoms with Crippen LogP contribution in [0.5, 0.6) is 0 Å². The molecule has 0 amide bonds. The van der Waals surface area contributed by atoms with Crippen LogP contribution in [0.2, 0.25) is 0 Å². The van der Waals surface area contributed by atoms with Gasteiger partial charge in [0, 0.05) is 6.20 Å². The van der Waals surface area contributed by atoms with Crippen LogP contribution in [0.1, 0.15) is 0 Å². The highest BCUT2D eigenvalue weighted by atomic mass is 15.1. The third kappa shape index (κ3) is 0.631. The van der Waals surface area contributed by atoms with Crippen molar-refractivity contribution in [2.24, 2.45) is 0 Å². The Kier molecular flexibility index (Phi) is 0.868. The van der Waals surface area contributed by atoms with Crippen molar-refractivity contribution in [3.63, 3.8) is 0 Å². The minimum absolute atomic E-state index is 0.611. The maximum atomic E-state index is 8.15. The average Bonchev–Trinajstić information content (AvgIpc) is 2.14. The smallest absolute Gasteiger partial charge is 0.130 e. The van der Waals surface area contributed by atoms with Crippen LogP contribution < -0.4 is 10.6 Å². The fourth-order valence-corrected chi connectivity index (χ4v) is 0.422. The SMILES string of the molecule is N#CC1=CNCN1. The molecule has 2 N–H and O–H groups in total. The molecule has 1 rings (SSSR count). The van der Waals surface area contributed by atoms with Crippen molar-refractivity contribution in [2.75, 3.05) is 6.67 Å². The molecule has 0 saturated carbocycles. The van der Waals surface area contributed by atoms with E-state index in [0.29, 0.717) is 12.4 Å². The Bertz CT molecular complexity index is 130. The first kappa shape index (κ1) is 4.00. The van der Waals surface area contributed by atoms with Crippen LogP contribution >= 0.6 is 0 Å². The Morgan fingerprint density at radius 3 is 3.00 bits per heavy atom. The van der Waals surface area contributed by atoms with Gasteiger partial charge in [-0.05, 0) is 0 Å². The molecule has 0 aromatic heterocycles. The van der Waals surface area contributed by atoms with Crippen molar-refractivity contribution in [1.82, 2.24) is 10.6 Å². The molecule has 1 aliphatic heterocycles. The first-order valence-corrected chi connectivity index (χ1v) is 2.01. The number of rotatable bonds is 0. The number of hydrogen-bond acceptors (Lipinski definition) is 3. The van der Waals surface area contributed by atoms with Gasteiger partial charge in [-0.25, -0.2) is 0 Å². The van der Waals surface area contributed by atoms with Gasteiger partial charge < -0.3 is 10.6 Å². The Morgan fingerprint density at radius 1 is 1.86 bits per heavy atom. The molecule has 36 valence electrons. The summed E-state index contributed by atoms with van der Waals surface area (Å²) in [7, 11) is 0. The highest BCUT2D eigenvalue weighted by Gasteiger charge is 1.96. The highest BCUT2D eigenvalue weighted by molar-refractivity contribution is 5.20. The van der Waals surface area contributed by atoms with Gasteiger partial charge in [-0.3, -0.25) is 0 Å². The zero-order valence-electron chi connectivity index (χ0n) is 3.73. The maximum absolute atomic E-state index is 8.15. The lowest BCUT2D eigenvalue weighted by Crippen LogP contribution is -2.13. The standard InChI is InChI=1S/C4H5N3/c5-1-4-2-6-3-7-4/h2,6-7H,3H2. The largest absolute Gasteiger partial charge is 0.372 e. The van der Waals surface area contributed by atoms with Gasteiger partial charge in [0.15, 0.2) is 0 Å². The van der Waals surface area contributed by atoms with Gasteiger partial charge in [0.25, 0.3) is 0 Å². The summed E-state index contributed by atoms with van der Waals surface area (Å²) < 4.78 is 0. The molecule has 1 heterocycles. The molecule has 0 aromatic rings. The van der Waals surface area contributed by atoms with E-state index in [2.05, 4.69) is 10.6 Å². The molecule has 0 aromatic carbocycles. The van der Waals surface area contributed by atoms with Crippen molar-refractivity contribution in [2.45, 2.75) is 0 Å². The summed E-state index contributed by atoms with van der Waals surface area (Å²) in [6.07, 6.45) is 1.65. The van der Waals surface area contributed by atoms with E-state index < -0.39 is 0 Å².